The van der Waals surface area contributed by atoms with Crippen molar-refractivity contribution >= 4 is 17.5 Å². The number of rotatable bonds is 3. The van der Waals surface area contributed by atoms with E-state index >= 15 is 0 Å². The van der Waals surface area contributed by atoms with Crippen LogP contribution >= 0.6 is 11.6 Å². The van der Waals surface area contributed by atoms with Crippen molar-refractivity contribution in [3.8, 4) is 0 Å². The molecule has 1 amide bonds. The fourth-order valence-electron chi connectivity index (χ4n) is 2.30. The third-order valence-corrected chi connectivity index (χ3v) is 3.60. The van der Waals surface area contributed by atoms with Crippen LogP contribution in [0.1, 0.15) is 18.6 Å². The third-order valence-electron chi connectivity index (χ3n) is 3.30. The number of halogens is 2. The first-order chi connectivity index (χ1) is 9.58. The molecule has 0 unspecified atom stereocenters. The Kier molecular flexibility index (Phi) is 5.34. The second-order valence-electron chi connectivity index (χ2n) is 4.87. The summed E-state index contributed by atoms with van der Waals surface area (Å²) in [6, 6.07) is 4.70. The van der Waals surface area contributed by atoms with Gasteiger partial charge in [-0.3, -0.25) is 4.79 Å². The Morgan fingerprint density at radius 2 is 2.40 bits per heavy atom. The topological polar surface area (TPSA) is 50.4 Å². The van der Waals surface area contributed by atoms with E-state index < -0.39 is 5.82 Å². The molecule has 1 aliphatic rings. The van der Waals surface area contributed by atoms with Crippen LogP contribution in [0.5, 0.6) is 0 Å². The first kappa shape index (κ1) is 15.2. The van der Waals surface area contributed by atoms with Gasteiger partial charge in [0, 0.05) is 32.5 Å². The van der Waals surface area contributed by atoms with Gasteiger partial charge in [-0.25, -0.2) is 4.39 Å². The van der Waals surface area contributed by atoms with E-state index in [0.717, 1.165) is 12.1 Å². The van der Waals surface area contributed by atoms with E-state index in [-0.39, 0.29) is 23.0 Å². The van der Waals surface area contributed by atoms with Crippen LogP contribution in [0.15, 0.2) is 18.2 Å². The fraction of sp³-hybridized carbons (Fsp3) is 0.500. The van der Waals surface area contributed by atoms with Crippen molar-refractivity contribution in [2.45, 2.75) is 13.0 Å². The van der Waals surface area contributed by atoms with Crippen molar-refractivity contribution in [2.24, 2.45) is 5.92 Å². The van der Waals surface area contributed by atoms with E-state index in [2.05, 4.69) is 10.6 Å². The molecule has 1 aromatic rings. The number of carbonyl (C=O) groups excluding carboxylic acids is 1. The SMILES string of the molecule is CC(=O)NC[C@@H]1CNCCO[C@H]1c1ccc(Cl)c(F)c1. The molecule has 0 radical (unpaired) electrons. The van der Waals surface area contributed by atoms with E-state index in [1.54, 1.807) is 6.07 Å². The molecule has 0 saturated carbocycles. The molecule has 0 aromatic heterocycles. The average molecular weight is 301 g/mol. The lowest BCUT2D eigenvalue weighted by molar-refractivity contribution is -0.119. The van der Waals surface area contributed by atoms with Crippen LogP contribution in [0.3, 0.4) is 0 Å². The van der Waals surface area contributed by atoms with Gasteiger partial charge in [0.25, 0.3) is 0 Å². The number of carbonyl (C=O) groups is 1. The number of ether oxygens (including phenoxy) is 1. The summed E-state index contributed by atoms with van der Waals surface area (Å²) >= 11 is 5.71. The molecule has 2 N–H and O–H groups in total. The smallest absolute Gasteiger partial charge is 0.216 e. The van der Waals surface area contributed by atoms with Crippen LogP contribution in [0.4, 0.5) is 4.39 Å². The highest BCUT2D eigenvalue weighted by Crippen LogP contribution is 2.29. The molecule has 4 nitrogen and oxygen atoms in total. The van der Waals surface area contributed by atoms with Crippen LogP contribution in [-0.2, 0) is 9.53 Å². The van der Waals surface area contributed by atoms with Crippen LogP contribution in [0, 0.1) is 11.7 Å². The predicted molar refractivity (Wildman–Crippen MR) is 75.1 cm³/mol. The molecule has 2 atom stereocenters. The van der Waals surface area contributed by atoms with Gasteiger partial charge in [-0.05, 0) is 17.7 Å². The average Bonchev–Trinajstić information content (AvgIpc) is 2.65. The fourth-order valence-corrected chi connectivity index (χ4v) is 2.42. The summed E-state index contributed by atoms with van der Waals surface area (Å²) in [4.78, 5) is 11.1. The molecule has 2 rings (SSSR count). The van der Waals surface area contributed by atoms with E-state index in [0.29, 0.717) is 19.7 Å². The molecule has 0 bridgehead atoms. The van der Waals surface area contributed by atoms with Gasteiger partial charge in [0.1, 0.15) is 5.82 Å². The summed E-state index contributed by atoms with van der Waals surface area (Å²) in [5.74, 6) is -0.500. The van der Waals surface area contributed by atoms with Gasteiger partial charge in [-0.1, -0.05) is 17.7 Å². The molecule has 1 aliphatic heterocycles. The molecule has 6 heteroatoms. The zero-order chi connectivity index (χ0) is 14.5. The van der Waals surface area contributed by atoms with Crippen molar-refractivity contribution in [3.63, 3.8) is 0 Å². The highest BCUT2D eigenvalue weighted by atomic mass is 35.5. The van der Waals surface area contributed by atoms with Crippen LogP contribution in [0.25, 0.3) is 0 Å². The summed E-state index contributed by atoms with van der Waals surface area (Å²) in [6.45, 7) is 3.95. The molecule has 1 fully saturated rings. The zero-order valence-corrected chi connectivity index (χ0v) is 12.0. The Morgan fingerprint density at radius 3 is 3.10 bits per heavy atom. The van der Waals surface area contributed by atoms with Gasteiger partial charge in [0.05, 0.1) is 17.7 Å². The molecule has 110 valence electrons. The molecule has 1 saturated heterocycles. The van der Waals surface area contributed by atoms with Crippen LogP contribution in [0.2, 0.25) is 5.02 Å². The normalized spacial score (nSPS) is 23.1. The Hall–Kier alpha value is -1.17. The number of benzene rings is 1. The van der Waals surface area contributed by atoms with Crippen LogP contribution < -0.4 is 10.6 Å². The van der Waals surface area contributed by atoms with E-state index in [9.17, 15) is 9.18 Å². The largest absolute Gasteiger partial charge is 0.372 e. The second-order valence-corrected chi connectivity index (χ2v) is 5.27. The predicted octanol–water partition coefficient (Wildman–Crippen LogP) is 1.89. The highest BCUT2D eigenvalue weighted by molar-refractivity contribution is 6.30. The lowest BCUT2D eigenvalue weighted by atomic mass is 9.95. The maximum atomic E-state index is 13.6. The van der Waals surface area contributed by atoms with Gasteiger partial charge >= 0.3 is 0 Å². The lowest BCUT2D eigenvalue weighted by Crippen LogP contribution is -2.35. The molecular weight excluding hydrogens is 283 g/mol. The zero-order valence-electron chi connectivity index (χ0n) is 11.3. The first-order valence-electron chi connectivity index (χ1n) is 6.59. The molecule has 20 heavy (non-hydrogen) atoms. The lowest BCUT2D eigenvalue weighted by Gasteiger charge is -2.25. The Bertz CT molecular complexity index is 484. The van der Waals surface area contributed by atoms with Crippen molar-refractivity contribution in [3.05, 3.63) is 34.6 Å². The van der Waals surface area contributed by atoms with Gasteiger partial charge in [-0.2, -0.15) is 0 Å². The minimum absolute atomic E-state index is 0.0435. The molecule has 0 spiro atoms. The highest BCUT2D eigenvalue weighted by Gasteiger charge is 2.26. The van der Waals surface area contributed by atoms with Crippen LogP contribution in [-0.4, -0.2) is 32.1 Å². The monoisotopic (exact) mass is 300 g/mol. The van der Waals surface area contributed by atoms with E-state index in [4.69, 9.17) is 16.3 Å². The van der Waals surface area contributed by atoms with Gasteiger partial charge in [0.15, 0.2) is 0 Å². The maximum Gasteiger partial charge on any atom is 0.216 e. The molecule has 0 aliphatic carbocycles. The summed E-state index contributed by atoms with van der Waals surface area (Å²) < 4.78 is 19.4. The summed E-state index contributed by atoms with van der Waals surface area (Å²) in [6.07, 6.45) is -0.261. The minimum Gasteiger partial charge on any atom is -0.372 e. The van der Waals surface area contributed by atoms with E-state index in [1.165, 1.54) is 19.1 Å². The summed E-state index contributed by atoms with van der Waals surface area (Å²) in [7, 11) is 0. The molecular formula is C14H18ClFN2O2. The van der Waals surface area contributed by atoms with Crippen molar-refractivity contribution in [1.82, 2.24) is 10.6 Å². The number of hydrogen-bond donors (Lipinski definition) is 2. The van der Waals surface area contributed by atoms with Gasteiger partial charge in [-0.15, -0.1) is 0 Å². The Labute approximate surface area is 122 Å². The Morgan fingerprint density at radius 1 is 1.60 bits per heavy atom. The molecule has 1 heterocycles. The van der Waals surface area contributed by atoms with Gasteiger partial charge < -0.3 is 15.4 Å². The summed E-state index contributed by atoms with van der Waals surface area (Å²) in [5.41, 5.74) is 0.742. The van der Waals surface area contributed by atoms with Crippen molar-refractivity contribution in [1.29, 1.82) is 0 Å². The van der Waals surface area contributed by atoms with Crippen molar-refractivity contribution < 1.29 is 13.9 Å². The standard InChI is InChI=1S/C14H18ClFN2O2/c1-9(19)18-8-11-7-17-4-5-20-14(11)10-2-3-12(15)13(16)6-10/h2-3,6,11,14,17H,4-5,7-8H2,1H3,(H,18,19)/t11-,14-/m0/s1. The van der Waals surface area contributed by atoms with E-state index in [1.807, 2.05) is 0 Å². The van der Waals surface area contributed by atoms with Crippen molar-refractivity contribution in [2.75, 3.05) is 26.2 Å². The number of nitrogens with one attached hydrogen (secondary N) is 2. The summed E-state index contributed by atoms with van der Waals surface area (Å²) in [5, 5.41) is 6.14. The molecule has 1 aromatic carbocycles. The minimum atomic E-state index is -0.455. The quantitative estimate of drug-likeness (QED) is 0.896. The first-order valence-corrected chi connectivity index (χ1v) is 6.97. The Balaban J connectivity index is 2.18. The maximum absolute atomic E-state index is 13.6. The second kappa shape index (κ2) is 7.02. The number of amides is 1. The number of hydrogen-bond acceptors (Lipinski definition) is 3. The third kappa shape index (κ3) is 3.91. The van der Waals surface area contributed by atoms with Gasteiger partial charge in [0.2, 0.25) is 5.91 Å².